The molecule has 0 saturated heterocycles. The van der Waals surface area contributed by atoms with E-state index in [9.17, 15) is 0 Å². The minimum Gasteiger partial charge on any atom is -0.208 e. The summed E-state index contributed by atoms with van der Waals surface area (Å²) in [5, 5.41) is 9.40. The van der Waals surface area contributed by atoms with Gasteiger partial charge in [0.25, 0.3) is 0 Å². The van der Waals surface area contributed by atoms with Gasteiger partial charge in [0, 0.05) is 11.1 Å². The molecule has 4 heteroatoms. The topological polar surface area (TPSA) is 38.7 Å². The van der Waals surface area contributed by atoms with E-state index in [1.807, 2.05) is 0 Å². The van der Waals surface area contributed by atoms with Crippen LogP contribution in [0.3, 0.4) is 0 Å². The molecule has 0 radical (unpaired) electrons. The highest BCUT2D eigenvalue weighted by Crippen LogP contribution is 2.37. The Hall–Kier alpha value is -4.15. The van der Waals surface area contributed by atoms with Crippen molar-refractivity contribution in [1.82, 2.24) is 15.0 Å². The maximum atomic E-state index is 5.04. The first-order chi connectivity index (χ1) is 17.3. The van der Waals surface area contributed by atoms with Crippen LogP contribution >= 0.6 is 15.9 Å². The first-order valence-electron chi connectivity index (χ1n) is 11.5. The van der Waals surface area contributed by atoms with Gasteiger partial charge in [-0.15, -0.1) is 0 Å². The summed E-state index contributed by atoms with van der Waals surface area (Å²) in [5.74, 6) is 1.31. The number of halogens is 1. The molecule has 0 atom stereocenters. The number of hydrogen-bond acceptors (Lipinski definition) is 3. The lowest BCUT2D eigenvalue weighted by Crippen LogP contribution is -1.99. The predicted molar refractivity (Wildman–Crippen MR) is 148 cm³/mol. The van der Waals surface area contributed by atoms with Gasteiger partial charge >= 0.3 is 0 Å². The summed E-state index contributed by atoms with van der Waals surface area (Å²) in [6, 6.07) is 38.1. The van der Waals surface area contributed by atoms with Crippen LogP contribution in [0.25, 0.3) is 65.9 Å². The number of benzene rings is 6. The predicted octanol–water partition coefficient (Wildman–Crippen LogP) is 8.58. The molecule has 0 unspecified atom stereocenters. The van der Waals surface area contributed by atoms with Crippen LogP contribution in [0.5, 0.6) is 0 Å². The van der Waals surface area contributed by atoms with Crippen molar-refractivity contribution < 1.29 is 0 Å². The van der Waals surface area contributed by atoms with E-state index in [0.717, 1.165) is 32.7 Å². The zero-order valence-corrected chi connectivity index (χ0v) is 20.2. The Morgan fingerprint density at radius 2 is 0.771 bits per heavy atom. The highest BCUT2D eigenvalue weighted by molar-refractivity contribution is 9.10. The van der Waals surface area contributed by atoms with Crippen molar-refractivity contribution in [1.29, 1.82) is 0 Å². The maximum absolute atomic E-state index is 5.04. The van der Waals surface area contributed by atoms with Crippen molar-refractivity contribution >= 4 is 59.0 Å². The molecule has 1 heterocycles. The van der Waals surface area contributed by atoms with Gasteiger partial charge in [0.05, 0.1) is 0 Å². The highest BCUT2D eigenvalue weighted by atomic mass is 79.9. The molecule has 7 rings (SSSR count). The van der Waals surface area contributed by atoms with E-state index in [1.165, 1.54) is 21.5 Å². The van der Waals surface area contributed by atoms with Crippen LogP contribution in [-0.2, 0) is 0 Å². The van der Waals surface area contributed by atoms with Crippen LogP contribution in [0.1, 0.15) is 0 Å². The van der Waals surface area contributed by atoms with E-state index in [4.69, 9.17) is 15.0 Å². The van der Waals surface area contributed by atoms with Crippen LogP contribution in [0, 0.1) is 0 Å². The number of nitrogens with zero attached hydrogens (tertiary/aromatic N) is 3. The van der Waals surface area contributed by atoms with Crippen molar-refractivity contribution in [3.05, 3.63) is 114 Å². The lowest BCUT2D eigenvalue weighted by molar-refractivity contribution is 1.03. The third-order valence-corrected chi connectivity index (χ3v) is 6.98. The summed E-state index contributed by atoms with van der Waals surface area (Å²) in [6.07, 6.45) is 0. The molecule has 0 aliphatic rings. The lowest BCUT2D eigenvalue weighted by Gasteiger charge is -2.13. The highest BCUT2D eigenvalue weighted by Gasteiger charge is 2.16. The average molecular weight is 512 g/mol. The fourth-order valence-corrected chi connectivity index (χ4v) is 5.41. The summed E-state index contributed by atoms with van der Waals surface area (Å²) in [4.78, 5) is 14.5. The number of hydrogen-bond donors (Lipinski definition) is 0. The van der Waals surface area contributed by atoms with Crippen LogP contribution in [-0.4, -0.2) is 15.0 Å². The quantitative estimate of drug-likeness (QED) is 0.218. The number of fused-ring (bicyclic) bond motifs is 6. The molecule has 164 valence electrons. The monoisotopic (exact) mass is 511 g/mol. The standard InChI is InChI=1S/C31H18BrN3/c32-31-34-29(27-17-19-9-1-3-11-21(19)23-13-5-7-15-25(23)27)33-30(35-31)28-18-20-10-2-4-12-22(20)24-14-6-8-16-26(24)28/h1-18H. The van der Waals surface area contributed by atoms with E-state index in [1.54, 1.807) is 0 Å². The van der Waals surface area contributed by atoms with Crippen molar-refractivity contribution in [2.45, 2.75) is 0 Å². The summed E-state index contributed by atoms with van der Waals surface area (Å²) in [7, 11) is 0. The summed E-state index contributed by atoms with van der Waals surface area (Å²) in [5.41, 5.74) is 1.99. The Morgan fingerprint density at radius 1 is 0.400 bits per heavy atom. The zero-order chi connectivity index (χ0) is 23.4. The molecule has 35 heavy (non-hydrogen) atoms. The summed E-state index contributed by atoms with van der Waals surface area (Å²) >= 11 is 3.57. The minimum absolute atomic E-state index is 0.520. The van der Waals surface area contributed by atoms with Gasteiger partial charge in [0.1, 0.15) is 0 Å². The first-order valence-corrected chi connectivity index (χ1v) is 12.3. The second-order valence-electron chi connectivity index (χ2n) is 8.63. The molecule has 0 N–H and O–H groups in total. The molecule has 1 aromatic heterocycles. The molecular weight excluding hydrogens is 494 g/mol. The molecule has 0 saturated carbocycles. The van der Waals surface area contributed by atoms with Gasteiger partial charge in [-0.25, -0.2) is 15.0 Å². The Balaban J connectivity index is 1.54. The minimum atomic E-state index is 0.520. The molecule has 0 amide bonds. The van der Waals surface area contributed by atoms with Gasteiger partial charge in [0.2, 0.25) is 4.73 Å². The SMILES string of the molecule is Brc1nc(-c2cc3ccccc3c3ccccc23)nc(-c2cc3ccccc3c3ccccc23)n1. The largest absolute Gasteiger partial charge is 0.208 e. The smallest absolute Gasteiger partial charge is 0.200 e. The molecule has 6 aromatic carbocycles. The molecule has 0 aliphatic heterocycles. The van der Waals surface area contributed by atoms with Gasteiger partial charge in [-0.1, -0.05) is 97.1 Å². The van der Waals surface area contributed by atoms with Gasteiger partial charge in [0.15, 0.2) is 11.6 Å². The first kappa shape index (κ1) is 20.2. The van der Waals surface area contributed by atoms with Crippen LogP contribution in [0.4, 0.5) is 0 Å². The normalized spacial score (nSPS) is 11.6. The molecule has 0 aliphatic carbocycles. The van der Waals surface area contributed by atoms with Crippen LogP contribution in [0.15, 0.2) is 114 Å². The second-order valence-corrected chi connectivity index (χ2v) is 9.34. The van der Waals surface area contributed by atoms with Crippen LogP contribution < -0.4 is 0 Å². The Kier molecular flexibility index (Phi) is 4.61. The lowest BCUT2D eigenvalue weighted by atomic mass is 9.96. The van der Waals surface area contributed by atoms with Gasteiger partial charge < -0.3 is 0 Å². The summed E-state index contributed by atoms with van der Waals surface area (Å²) in [6.45, 7) is 0. The summed E-state index contributed by atoms with van der Waals surface area (Å²) < 4.78 is 0.520. The molecule has 7 aromatic rings. The Labute approximate surface area is 210 Å². The van der Waals surface area contributed by atoms with Gasteiger partial charge in [-0.2, -0.15) is 0 Å². The molecular formula is C31H18BrN3. The Bertz CT molecular complexity index is 1790. The van der Waals surface area contributed by atoms with Crippen LogP contribution in [0.2, 0.25) is 0 Å². The third-order valence-electron chi connectivity index (χ3n) is 6.63. The fourth-order valence-electron chi connectivity index (χ4n) is 5.07. The third kappa shape index (κ3) is 3.29. The molecule has 0 fully saturated rings. The van der Waals surface area contributed by atoms with E-state index in [2.05, 4.69) is 125 Å². The van der Waals surface area contributed by atoms with Crippen molar-refractivity contribution in [3.63, 3.8) is 0 Å². The Morgan fingerprint density at radius 3 is 1.23 bits per heavy atom. The average Bonchev–Trinajstić information content (AvgIpc) is 2.92. The van der Waals surface area contributed by atoms with E-state index >= 15 is 0 Å². The zero-order valence-electron chi connectivity index (χ0n) is 18.6. The van der Waals surface area contributed by atoms with E-state index in [0.29, 0.717) is 16.4 Å². The van der Waals surface area contributed by atoms with Crippen molar-refractivity contribution in [3.8, 4) is 22.8 Å². The molecule has 0 bridgehead atoms. The van der Waals surface area contributed by atoms with Gasteiger partial charge in [-0.05, 0) is 71.2 Å². The number of aromatic nitrogens is 3. The second kappa shape index (κ2) is 7.97. The maximum Gasteiger partial charge on any atom is 0.200 e. The van der Waals surface area contributed by atoms with E-state index in [-0.39, 0.29) is 0 Å². The molecule has 0 spiro atoms. The van der Waals surface area contributed by atoms with Crippen molar-refractivity contribution in [2.75, 3.05) is 0 Å². The number of rotatable bonds is 2. The van der Waals surface area contributed by atoms with Crippen molar-refractivity contribution in [2.24, 2.45) is 0 Å². The molecule has 3 nitrogen and oxygen atoms in total. The van der Waals surface area contributed by atoms with Gasteiger partial charge in [-0.3, -0.25) is 0 Å². The fraction of sp³-hybridized carbons (Fsp3) is 0. The van der Waals surface area contributed by atoms with E-state index < -0.39 is 0 Å².